The van der Waals surface area contributed by atoms with Gasteiger partial charge in [-0.2, -0.15) is 5.10 Å². The molecule has 0 aromatic carbocycles. The lowest BCUT2D eigenvalue weighted by atomic mass is 10.3. The van der Waals surface area contributed by atoms with Crippen LogP contribution in [0.4, 0.5) is 0 Å². The molecule has 1 rings (SSSR count). The molecule has 3 nitrogen and oxygen atoms in total. The highest BCUT2D eigenvalue weighted by atomic mass is 79.9. The van der Waals surface area contributed by atoms with Crippen molar-refractivity contribution in [3.05, 3.63) is 16.4 Å². The Bertz CT molecular complexity index is 325. The van der Waals surface area contributed by atoms with Crippen molar-refractivity contribution in [3.8, 4) is 0 Å². The van der Waals surface area contributed by atoms with Crippen LogP contribution >= 0.6 is 15.9 Å². The minimum Gasteiger partial charge on any atom is -0.372 e. The predicted molar refractivity (Wildman–Crippen MR) is 69.5 cm³/mol. The highest BCUT2D eigenvalue weighted by Gasteiger charge is 2.11. The molecule has 0 radical (unpaired) electrons. The van der Waals surface area contributed by atoms with Crippen LogP contribution in [0.2, 0.25) is 0 Å². The minimum absolute atomic E-state index is 0.292. The Kier molecular flexibility index (Phi) is 5.49. The summed E-state index contributed by atoms with van der Waals surface area (Å²) in [5, 5.41) is 4.53. The Labute approximate surface area is 106 Å². The Hall–Kier alpha value is -0.350. The number of nitrogens with zero attached hydrogens (tertiary/aromatic N) is 2. The number of aromatic nitrogens is 2. The molecule has 0 unspecified atom stereocenters. The highest BCUT2D eigenvalue weighted by Crippen LogP contribution is 2.20. The molecule has 1 heterocycles. The van der Waals surface area contributed by atoms with Crippen LogP contribution in [-0.4, -0.2) is 15.9 Å². The molecule has 16 heavy (non-hydrogen) atoms. The van der Waals surface area contributed by atoms with Gasteiger partial charge >= 0.3 is 0 Å². The van der Waals surface area contributed by atoms with E-state index in [2.05, 4.69) is 48.7 Å². The first kappa shape index (κ1) is 13.7. The van der Waals surface area contributed by atoms with E-state index < -0.39 is 0 Å². The summed E-state index contributed by atoms with van der Waals surface area (Å²) in [5.74, 6) is 0. The summed E-state index contributed by atoms with van der Waals surface area (Å²) >= 11 is 3.52. The average Bonchev–Trinajstić information content (AvgIpc) is 2.66. The largest absolute Gasteiger partial charge is 0.372 e. The van der Waals surface area contributed by atoms with Crippen LogP contribution in [0.1, 0.15) is 52.3 Å². The molecule has 0 aliphatic rings. The monoisotopic (exact) mass is 288 g/mol. The standard InChI is InChI=1S/C12H21BrN2O/c1-5-9(3)15-7-11(13)12(14-15)8-16-10(4)6-2/h7,9-10H,5-6,8H2,1-4H3/t9-,10+/m0/s1. The maximum Gasteiger partial charge on any atom is 0.102 e. The van der Waals surface area contributed by atoms with E-state index in [1.165, 1.54) is 0 Å². The summed E-state index contributed by atoms with van der Waals surface area (Å²) in [5.41, 5.74) is 0.987. The van der Waals surface area contributed by atoms with Crippen LogP contribution in [0.15, 0.2) is 10.7 Å². The van der Waals surface area contributed by atoms with Crippen LogP contribution in [0, 0.1) is 0 Å². The SMILES string of the molecule is CC[C@@H](C)OCc1nn([C@@H](C)CC)cc1Br. The lowest BCUT2D eigenvalue weighted by Crippen LogP contribution is -2.08. The first-order valence-electron chi connectivity index (χ1n) is 5.93. The summed E-state index contributed by atoms with van der Waals surface area (Å²) in [4.78, 5) is 0. The van der Waals surface area contributed by atoms with Crippen molar-refractivity contribution in [1.82, 2.24) is 9.78 Å². The van der Waals surface area contributed by atoms with Gasteiger partial charge in [0, 0.05) is 12.2 Å². The number of halogens is 1. The smallest absolute Gasteiger partial charge is 0.102 e. The fraction of sp³-hybridized carbons (Fsp3) is 0.750. The van der Waals surface area contributed by atoms with E-state index in [9.17, 15) is 0 Å². The van der Waals surface area contributed by atoms with Gasteiger partial charge in [0.2, 0.25) is 0 Å². The summed E-state index contributed by atoms with van der Waals surface area (Å²) in [6.45, 7) is 9.12. The van der Waals surface area contributed by atoms with Crippen LogP contribution < -0.4 is 0 Å². The van der Waals surface area contributed by atoms with Gasteiger partial charge in [0.1, 0.15) is 5.69 Å². The molecular formula is C12H21BrN2O. The van der Waals surface area contributed by atoms with E-state index in [0.717, 1.165) is 23.0 Å². The number of hydrogen-bond donors (Lipinski definition) is 0. The highest BCUT2D eigenvalue weighted by molar-refractivity contribution is 9.10. The van der Waals surface area contributed by atoms with Crippen molar-refractivity contribution < 1.29 is 4.74 Å². The summed E-state index contributed by atoms with van der Waals surface area (Å²) in [7, 11) is 0. The molecule has 0 amide bonds. The third-order valence-electron chi connectivity index (χ3n) is 2.88. The van der Waals surface area contributed by atoms with Crippen molar-refractivity contribution in [3.63, 3.8) is 0 Å². The van der Waals surface area contributed by atoms with Gasteiger partial charge in [-0.1, -0.05) is 13.8 Å². The Morgan fingerprint density at radius 2 is 2.06 bits per heavy atom. The minimum atomic E-state index is 0.292. The van der Waals surface area contributed by atoms with Gasteiger partial charge < -0.3 is 4.74 Å². The molecule has 0 N–H and O–H groups in total. The van der Waals surface area contributed by atoms with Crippen molar-refractivity contribution in [1.29, 1.82) is 0 Å². The van der Waals surface area contributed by atoms with Crippen molar-refractivity contribution in [2.45, 2.75) is 59.3 Å². The number of hydrogen-bond acceptors (Lipinski definition) is 2. The summed E-state index contributed by atoms with van der Waals surface area (Å²) < 4.78 is 8.72. The van der Waals surface area contributed by atoms with Gasteiger partial charge in [-0.25, -0.2) is 0 Å². The fourth-order valence-corrected chi connectivity index (χ4v) is 1.66. The molecule has 1 aromatic heterocycles. The maximum atomic E-state index is 5.68. The topological polar surface area (TPSA) is 27.1 Å². The molecular weight excluding hydrogens is 268 g/mol. The zero-order chi connectivity index (χ0) is 12.1. The number of rotatable bonds is 6. The quantitative estimate of drug-likeness (QED) is 0.793. The van der Waals surface area contributed by atoms with Crippen LogP contribution in [0.5, 0.6) is 0 Å². The zero-order valence-electron chi connectivity index (χ0n) is 10.5. The van der Waals surface area contributed by atoms with Gasteiger partial charge in [0.05, 0.1) is 17.2 Å². The molecule has 0 aliphatic heterocycles. The molecule has 92 valence electrons. The van der Waals surface area contributed by atoms with Crippen LogP contribution in [-0.2, 0) is 11.3 Å². The maximum absolute atomic E-state index is 5.68. The first-order chi connectivity index (χ1) is 7.58. The van der Waals surface area contributed by atoms with E-state index >= 15 is 0 Å². The fourth-order valence-electron chi connectivity index (χ4n) is 1.26. The summed E-state index contributed by atoms with van der Waals surface area (Å²) in [6, 6.07) is 0.439. The first-order valence-corrected chi connectivity index (χ1v) is 6.72. The van der Waals surface area contributed by atoms with E-state index in [1.54, 1.807) is 0 Å². The van der Waals surface area contributed by atoms with Crippen molar-refractivity contribution in [2.75, 3.05) is 0 Å². The third-order valence-corrected chi connectivity index (χ3v) is 3.54. The molecule has 0 fully saturated rings. The normalized spacial score (nSPS) is 15.1. The summed E-state index contributed by atoms with van der Waals surface area (Å²) in [6.07, 6.45) is 4.44. The van der Waals surface area contributed by atoms with Crippen LogP contribution in [0.25, 0.3) is 0 Å². The Balaban J connectivity index is 2.63. The molecule has 1 aromatic rings. The molecule has 4 heteroatoms. The van der Waals surface area contributed by atoms with E-state index in [-0.39, 0.29) is 0 Å². The second-order valence-electron chi connectivity index (χ2n) is 4.19. The lowest BCUT2D eigenvalue weighted by molar-refractivity contribution is 0.0482. The van der Waals surface area contributed by atoms with E-state index in [0.29, 0.717) is 18.8 Å². The van der Waals surface area contributed by atoms with Crippen molar-refractivity contribution >= 4 is 15.9 Å². The zero-order valence-corrected chi connectivity index (χ0v) is 12.1. The lowest BCUT2D eigenvalue weighted by Gasteiger charge is -2.10. The molecule has 2 atom stereocenters. The predicted octanol–water partition coefficient (Wildman–Crippen LogP) is 3.93. The van der Waals surface area contributed by atoms with Gasteiger partial charge in [-0.3, -0.25) is 4.68 Å². The van der Waals surface area contributed by atoms with Crippen LogP contribution in [0.3, 0.4) is 0 Å². The second kappa shape index (κ2) is 6.40. The van der Waals surface area contributed by atoms with Gasteiger partial charge in [0.25, 0.3) is 0 Å². The number of ether oxygens (including phenoxy) is 1. The third kappa shape index (κ3) is 3.59. The average molecular weight is 289 g/mol. The molecule has 0 spiro atoms. The molecule has 0 saturated heterocycles. The van der Waals surface area contributed by atoms with Gasteiger partial charge in [-0.15, -0.1) is 0 Å². The van der Waals surface area contributed by atoms with Gasteiger partial charge in [-0.05, 0) is 42.6 Å². The van der Waals surface area contributed by atoms with Crippen molar-refractivity contribution in [2.24, 2.45) is 0 Å². The molecule has 0 saturated carbocycles. The second-order valence-corrected chi connectivity index (χ2v) is 5.05. The molecule has 0 aliphatic carbocycles. The molecule has 0 bridgehead atoms. The Morgan fingerprint density at radius 3 is 2.62 bits per heavy atom. The Morgan fingerprint density at radius 1 is 1.38 bits per heavy atom. The van der Waals surface area contributed by atoms with E-state index in [1.807, 2.05) is 10.9 Å². The van der Waals surface area contributed by atoms with Gasteiger partial charge in [0.15, 0.2) is 0 Å². The van der Waals surface area contributed by atoms with E-state index in [4.69, 9.17) is 4.74 Å².